The van der Waals surface area contributed by atoms with Crippen LogP contribution in [0.15, 0.2) is 33.6 Å². The second kappa shape index (κ2) is 7.38. The second-order valence-corrected chi connectivity index (χ2v) is 7.83. The predicted octanol–water partition coefficient (Wildman–Crippen LogP) is 2.18. The highest BCUT2D eigenvalue weighted by atomic mass is 79.9. The largest absolute Gasteiger partial charge is 0.353 e. The molecular weight excluding hydrogens is 356 g/mol. The van der Waals surface area contributed by atoms with Crippen LogP contribution in [0.25, 0.3) is 0 Å². The Hall–Kier alpha value is -0.920. The van der Waals surface area contributed by atoms with Gasteiger partial charge >= 0.3 is 0 Å². The molecule has 7 heteroatoms. The Kier molecular flexibility index (Phi) is 5.78. The summed E-state index contributed by atoms with van der Waals surface area (Å²) < 4.78 is 27.3. The molecule has 1 aromatic carbocycles. The molecule has 1 aliphatic rings. The monoisotopic (exact) mass is 374 g/mol. The minimum atomic E-state index is -3.55. The third kappa shape index (κ3) is 5.09. The number of amides is 1. The van der Waals surface area contributed by atoms with Crippen LogP contribution in [0.1, 0.15) is 32.1 Å². The fraction of sp³-hybridized carbons (Fsp3) is 0.500. The molecule has 116 valence electrons. The van der Waals surface area contributed by atoms with E-state index >= 15 is 0 Å². The van der Waals surface area contributed by atoms with Crippen molar-refractivity contribution < 1.29 is 13.2 Å². The fourth-order valence-corrected chi connectivity index (χ4v) is 3.66. The number of carbonyl (C=O) groups is 1. The molecule has 0 aromatic heterocycles. The number of benzene rings is 1. The molecule has 0 unspecified atom stereocenters. The number of hydrogen-bond acceptors (Lipinski definition) is 3. The van der Waals surface area contributed by atoms with Gasteiger partial charge in [-0.3, -0.25) is 4.79 Å². The lowest BCUT2D eigenvalue weighted by molar-refractivity contribution is -0.121. The van der Waals surface area contributed by atoms with Crippen LogP contribution in [-0.2, 0) is 14.8 Å². The number of nitrogens with one attached hydrogen (secondary N) is 2. The Morgan fingerprint density at radius 2 is 1.81 bits per heavy atom. The summed E-state index contributed by atoms with van der Waals surface area (Å²) in [4.78, 5) is 11.9. The lowest BCUT2D eigenvalue weighted by Crippen LogP contribution is -2.35. The number of sulfonamides is 1. The van der Waals surface area contributed by atoms with E-state index in [1.54, 1.807) is 12.1 Å². The molecule has 0 radical (unpaired) electrons. The Morgan fingerprint density at radius 3 is 2.43 bits per heavy atom. The van der Waals surface area contributed by atoms with Crippen LogP contribution in [0.3, 0.4) is 0 Å². The minimum Gasteiger partial charge on any atom is -0.353 e. The zero-order valence-corrected chi connectivity index (χ0v) is 14.0. The molecule has 1 aromatic rings. The predicted molar refractivity (Wildman–Crippen MR) is 84.3 cm³/mol. The Labute approximate surface area is 133 Å². The van der Waals surface area contributed by atoms with E-state index in [-0.39, 0.29) is 29.8 Å². The summed E-state index contributed by atoms with van der Waals surface area (Å²) in [6.07, 6.45) is 4.52. The smallest absolute Gasteiger partial charge is 0.240 e. The van der Waals surface area contributed by atoms with E-state index in [2.05, 4.69) is 26.0 Å². The van der Waals surface area contributed by atoms with E-state index in [1.807, 2.05) is 0 Å². The van der Waals surface area contributed by atoms with E-state index in [1.165, 1.54) is 12.1 Å². The molecule has 21 heavy (non-hydrogen) atoms. The maximum absolute atomic E-state index is 12.0. The average Bonchev–Trinajstić information content (AvgIpc) is 2.91. The number of hydrogen-bond donors (Lipinski definition) is 2. The van der Waals surface area contributed by atoms with E-state index in [0.29, 0.717) is 0 Å². The van der Waals surface area contributed by atoms with Gasteiger partial charge in [0.05, 0.1) is 4.90 Å². The van der Waals surface area contributed by atoms with Gasteiger partial charge in [-0.15, -0.1) is 0 Å². The van der Waals surface area contributed by atoms with Crippen molar-refractivity contribution in [1.82, 2.24) is 10.0 Å². The van der Waals surface area contributed by atoms with Crippen molar-refractivity contribution in [3.8, 4) is 0 Å². The molecule has 1 fully saturated rings. The quantitative estimate of drug-likeness (QED) is 0.800. The van der Waals surface area contributed by atoms with E-state index in [0.717, 1.165) is 30.2 Å². The molecule has 2 rings (SSSR count). The van der Waals surface area contributed by atoms with Crippen LogP contribution in [0.5, 0.6) is 0 Å². The maximum atomic E-state index is 12.0. The van der Waals surface area contributed by atoms with Crippen molar-refractivity contribution in [3.63, 3.8) is 0 Å². The molecule has 2 N–H and O–H groups in total. The summed E-state index contributed by atoms with van der Waals surface area (Å²) >= 11 is 3.26. The third-order valence-corrected chi connectivity index (χ3v) is 5.49. The van der Waals surface area contributed by atoms with Gasteiger partial charge in [-0.2, -0.15) is 0 Å². The fourth-order valence-electron chi connectivity index (χ4n) is 2.37. The first-order valence-electron chi connectivity index (χ1n) is 7.02. The standard InChI is InChI=1S/C14H19BrN2O3S/c15-11-5-7-13(8-6-11)21(19,20)16-10-9-14(18)17-12-3-1-2-4-12/h5-8,12,16H,1-4,9-10H2,(H,17,18). The minimum absolute atomic E-state index is 0.0968. The van der Waals surface area contributed by atoms with E-state index in [9.17, 15) is 13.2 Å². The summed E-state index contributed by atoms with van der Waals surface area (Å²) in [5, 5.41) is 2.93. The van der Waals surface area contributed by atoms with Gasteiger partial charge in [-0.1, -0.05) is 28.8 Å². The van der Waals surface area contributed by atoms with Gasteiger partial charge in [-0.05, 0) is 37.1 Å². The zero-order valence-electron chi connectivity index (χ0n) is 11.6. The van der Waals surface area contributed by atoms with E-state index < -0.39 is 10.0 Å². The van der Waals surface area contributed by atoms with Gasteiger partial charge < -0.3 is 5.32 Å². The topological polar surface area (TPSA) is 75.3 Å². The van der Waals surface area contributed by atoms with Crippen LogP contribution in [0.2, 0.25) is 0 Å². The molecule has 0 spiro atoms. The highest BCUT2D eigenvalue weighted by Crippen LogP contribution is 2.17. The molecule has 1 saturated carbocycles. The zero-order chi connectivity index (χ0) is 15.3. The Bertz CT molecular complexity index is 581. The van der Waals surface area contributed by atoms with Crippen LogP contribution < -0.4 is 10.0 Å². The Balaban J connectivity index is 1.79. The highest BCUT2D eigenvalue weighted by molar-refractivity contribution is 9.10. The lowest BCUT2D eigenvalue weighted by Gasteiger charge is -2.12. The van der Waals surface area contributed by atoms with Gasteiger partial charge in [0.25, 0.3) is 0 Å². The Morgan fingerprint density at radius 1 is 1.19 bits per heavy atom. The number of carbonyl (C=O) groups excluding carboxylic acids is 1. The normalized spacial score (nSPS) is 16.0. The van der Waals surface area contributed by atoms with Gasteiger partial charge in [0.2, 0.25) is 15.9 Å². The molecular formula is C14H19BrN2O3S. The number of halogens is 1. The molecule has 0 aliphatic heterocycles. The van der Waals surface area contributed by atoms with Crippen molar-refractivity contribution in [3.05, 3.63) is 28.7 Å². The third-order valence-electron chi connectivity index (χ3n) is 3.49. The maximum Gasteiger partial charge on any atom is 0.240 e. The highest BCUT2D eigenvalue weighted by Gasteiger charge is 2.18. The molecule has 0 heterocycles. The summed E-state index contributed by atoms with van der Waals surface area (Å²) in [6, 6.07) is 6.64. The van der Waals surface area contributed by atoms with Crippen LogP contribution in [-0.4, -0.2) is 26.9 Å². The molecule has 0 bridgehead atoms. The van der Waals surface area contributed by atoms with Crippen LogP contribution in [0.4, 0.5) is 0 Å². The summed E-state index contributed by atoms with van der Waals surface area (Å²) in [7, 11) is -3.55. The first-order valence-corrected chi connectivity index (χ1v) is 9.29. The molecule has 0 atom stereocenters. The van der Waals surface area contributed by atoms with Crippen LogP contribution in [0, 0.1) is 0 Å². The molecule has 1 aliphatic carbocycles. The molecule has 5 nitrogen and oxygen atoms in total. The van der Waals surface area contributed by atoms with Crippen molar-refractivity contribution >= 4 is 31.9 Å². The van der Waals surface area contributed by atoms with Gasteiger partial charge in [0.1, 0.15) is 0 Å². The summed E-state index contributed by atoms with van der Waals surface area (Å²) in [5.74, 6) is -0.0968. The van der Waals surface area contributed by atoms with E-state index in [4.69, 9.17) is 0 Å². The average molecular weight is 375 g/mol. The van der Waals surface area contributed by atoms with Gasteiger partial charge in [-0.25, -0.2) is 13.1 Å². The number of rotatable bonds is 6. The van der Waals surface area contributed by atoms with Crippen LogP contribution >= 0.6 is 15.9 Å². The van der Waals surface area contributed by atoms with Crippen molar-refractivity contribution in [2.45, 2.75) is 43.0 Å². The first-order chi connectivity index (χ1) is 9.97. The van der Waals surface area contributed by atoms with Crippen molar-refractivity contribution in [2.24, 2.45) is 0 Å². The molecule has 0 saturated heterocycles. The lowest BCUT2D eigenvalue weighted by atomic mass is 10.2. The SMILES string of the molecule is O=C(CCNS(=O)(=O)c1ccc(Br)cc1)NC1CCCC1. The summed E-state index contributed by atoms with van der Waals surface area (Å²) in [6.45, 7) is 0.108. The first kappa shape index (κ1) is 16.5. The second-order valence-electron chi connectivity index (χ2n) is 5.15. The summed E-state index contributed by atoms with van der Waals surface area (Å²) in [5.41, 5.74) is 0. The van der Waals surface area contributed by atoms with Gasteiger partial charge in [0.15, 0.2) is 0 Å². The van der Waals surface area contributed by atoms with Crippen molar-refractivity contribution in [1.29, 1.82) is 0 Å². The van der Waals surface area contributed by atoms with Crippen molar-refractivity contribution in [2.75, 3.05) is 6.54 Å². The van der Waals surface area contributed by atoms with Gasteiger partial charge in [0, 0.05) is 23.5 Å². The molecule has 1 amide bonds.